The van der Waals surface area contributed by atoms with E-state index in [0.29, 0.717) is 5.92 Å². The van der Waals surface area contributed by atoms with Gasteiger partial charge in [-0.25, -0.2) is 4.99 Å². The van der Waals surface area contributed by atoms with Crippen molar-refractivity contribution in [3.8, 4) is 0 Å². The fraction of sp³-hybridized carbons (Fsp3) is 0.714. The summed E-state index contributed by atoms with van der Waals surface area (Å²) in [5, 5.41) is 0. The Morgan fingerprint density at radius 2 is 1.94 bits per heavy atom. The number of nitrogens with zero attached hydrogens (tertiary/aromatic N) is 2. The zero-order chi connectivity index (χ0) is 12.0. The fourth-order valence-corrected chi connectivity index (χ4v) is 2.38. The summed E-state index contributed by atoms with van der Waals surface area (Å²) in [7, 11) is 1.85. The van der Waals surface area contributed by atoms with Gasteiger partial charge in [-0.05, 0) is 44.6 Å². The number of allylic oxidation sites excluding steroid dienone is 1. The summed E-state index contributed by atoms with van der Waals surface area (Å²) in [6.07, 6.45) is 8.28. The highest BCUT2D eigenvalue weighted by Crippen LogP contribution is 2.31. The summed E-state index contributed by atoms with van der Waals surface area (Å²) in [5.41, 5.74) is 0.971. The first-order chi connectivity index (χ1) is 7.71. The zero-order valence-corrected chi connectivity index (χ0v) is 10.9. The van der Waals surface area contributed by atoms with Crippen molar-refractivity contribution in [1.29, 1.82) is 0 Å². The Morgan fingerprint density at radius 1 is 1.31 bits per heavy atom. The molecule has 1 fully saturated rings. The average Bonchev–Trinajstić information content (AvgIpc) is 2.35. The molecule has 0 saturated heterocycles. The molecule has 1 saturated carbocycles. The van der Waals surface area contributed by atoms with E-state index in [-0.39, 0.29) is 0 Å². The van der Waals surface area contributed by atoms with Gasteiger partial charge in [0.25, 0.3) is 0 Å². The molecular formula is C14H24N2. The topological polar surface area (TPSA) is 24.7 Å². The van der Waals surface area contributed by atoms with Crippen molar-refractivity contribution in [2.75, 3.05) is 7.05 Å². The smallest absolute Gasteiger partial charge is 0.126 e. The van der Waals surface area contributed by atoms with Crippen LogP contribution in [-0.2, 0) is 0 Å². The van der Waals surface area contributed by atoms with Crippen LogP contribution >= 0.6 is 0 Å². The number of hydrogen-bond acceptors (Lipinski definition) is 1. The van der Waals surface area contributed by atoms with Crippen molar-refractivity contribution in [2.45, 2.75) is 46.0 Å². The summed E-state index contributed by atoms with van der Waals surface area (Å²) >= 11 is 0. The Kier molecular flexibility index (Phi) is 5.44. The summed E-state index contributed by atoms with van der Waals surface area (Å²) < 4.78 is 0. The highest BCUT2D eigenvalue weighted by Gasteiger charge is 2.23. The van der Waals surface area contributed by atoms with Gasteiger partial charge in [0.1, 0.15) is 5.84 Å². The van der Waals surface area contributed by atoms with E-state index in [1.54, 1.807) is 6.08 Å². The molecule has 0 aromatic rings. The molecule has 90 valence electrons. The molecule has 0 amide bonds. The van der Waals surface area contributed by atoms with Gasteiger partial charge in [-0.1, -0.05) is 19.9 Å². The van der Waals surface area contributed by atoms with Gasteiger partial charge in [0.15, 0.2) is 0 Å². The molecule has 0 aromatic carbocycles. The van der Waals surface area contributed by atoms with Crippen LogP contribution in [0.25, 0.3) is 0 Å². The highest BCUT2D eigenvalue weighted by atomic mass is 14.9. The van der Waals surface area contributed by atoms with Gasteiger partial charge in [0.2, 0.25) is 0 Å². The lowest BCUT2D eigenvalue weighted by atomic mass is 9.80. The minimum Gasteiger partial charge on any atom is -0.274 e. The van der Waals surface area contributed by atoms with Crippen molar-refractivity contribution in [3.05, 3.63) is 12.7 Å². The van der Waals surface area contributed by atoms with E-state index in [1.807, 2.05) is 14.0 Å². The van der Waals surface area contributed by atoms with Gasteiger partial charge in [0, 0.05) is 18.7 Å². The van der Waals surface area contributed by atoms with Crippen LogP contribution in [0.15, 0.2) is 22.6 Å². The summed E-state index contributed by atoms with van der Waals surface area (Å²) in [6, 6.07) is 0. The Morgan fingerprint density at radius 3 is 2.38 bits per heavy atom. The first-order valence-corrected chi connectivity index (χ1v) is 6.35. The molecule has 1 aliphatic rings. The minimum atomic E-state index is 0.572. The van der Waals surface area contributed by atoms with Gasteiger partial charge in [-0.3, -0.25) is 4.99 Å². The lowest BCUT2D eigenvalue weighted by molar-refractivity contribution is 0.314. The molecule has 0 aromatic heterocycles. The lowest BCUT2D eigenvalue weighted by Gasteiger charge is -2.27. The minimum absolute atomic E-state index is 0.572. The molecule has 0 bridgehead atoms. The first kappa shape index (κ1) is 13.1. The van der Waals surface area contributed by atoms with Gasteiger partial charge in [-0.15, -0.1) is 0 Å². The Balaban J connectivity index is 2.60. The molecule has 2 heteroatoms. The van der Waals surface area contributed by atoms with Crippen molar-refractivity contribution >= 4 is 11.5 Å². The van der Waals surface area contributed by atoms with E-state index < -0.39 is 0 Å². The Hall–Kier alpha value is -0.920. The van der Waals surface area contributed by atoms with Gasteiger partial charge >= 0.3 is 0 Å². The van der Waals surface area contributed by atoms with Crippen LogP contribution in [0.3, 0.4) is 0 Å². The third-order valence-corrected chi connectivity index (χ3v) is 3.60. The summed E-state index contributed by atoms with van der Waals surface area (Å²) in [6.45, 7) is 8.01. The molecule has 1 aliphatic carbocycles. The summed E-state index contributed by atoms with van der Waals surface area (Å²) in [4.78, 5) is 8.87. The van der Waals surface area contributed by atoms with Crippen LogP contribution < -0.4 is 0 Å². The van der Waals surface area contributed by atoms with Gasteiger partial charge in [-0.2, -0.15) is 0 Å². The van der Waals surface area contributed by atoms with Crippen molar-refractivity contribution in [2.24, 2.45) is 21.8 Å². The van der Waals surface area contributed by atoms with E-state index in [0.717, 1.165) is 17.5 Å². The second kappa shape index (κ2) is 6.62. The van der Waals surface area contributed by atoms with E-state index in [9.17, 15) is 0 Å². The van der Waals surface area contributed by atoms with E-state index >= 15 is 0 Å². The first-order valence-electron chi connectivity index (χ1n) is 6.35. The van der Waals surface area contributed by atoms with Crippen molar-refractivity contribution in [1.82, 2.24) is 0 Å². The number of rotatable bonds is 3. The second-order valence-corrected chi connectivity index (χ2v) is 4.67. The predicted octanol–water partition coefficient (Wildman–Crippen LogP) is 3.88. The maximum atomic E-state index is 4.54. The molecule has 16 heavy (non-hydrogen) atoms. The standard InChI is InChI=1S/C14H24N2/c1-5-11(3)16-14(15-4)13-9-7-12(6-2)8-10-13/h5,12-13H,1,6-10H2,2-4H3. The van der Waals surface area contributed by atoms with Crippen LogP contribution in [0, 0.1) is 11.8 Å². The van der Waals surface area contributed by atoms with E-state index in [4.69, 9.17) is 0 Å². The number of aliphatic imine (C=N–C) groups is 2. The van der Waals surface area contributed by atoms with E-state index in [1.165, 1.54) is 32.1 Å². The maximum Gasteiger partial charge on any atom is 0.126 e. The van der Waals surface area contributed by atoms with Crippen LogP contribution in [-0.4, -0.2) is 18.6 Å². The quantitative estimate of drug-likeness (QED) is 0.509. The Bertz CT molecular complexity index is 281. The van der Waals surface area contributed by atoms with Gasteiger partial charge < -0.3 is 0 Å². The Labute approximate surface area is 99.6 Å². The van der Waals surface area contributed by atoms with E-state index in [2.05, 4.69) is 23.5 Å². The third kappa shape index (κ3) is 3.58. The third-order valence-electron chi connectivity index (χ3n) is 3.60. The SMILES string of the molecule is C=CC(C)=NC(=NC)C1CCC(CC)CC1. The molecule has 0 unspecified atom stereocenters. The van der Waals surface area contributed by atoms with Crippen LogP contribution in [0.4, 0.5) is 0 Å². The highest BCUT2D eigenvalue weighted by molar-refractivity contribution is 6.02. The second-order valence-electron chi connectivity index (χ2n) is 4.67. The molecule has 0 heterocycles. The largest absolute Gasteiger partial charge is 0.274 e. The lowest BCUT2D eigenvalue weighted by Crippen LogP contribution is -2.21. The normalized spacial score (nSPS) is 27.9. The monoisotopic (exact) mass is 220 g/mol. The molecule has 0 spiro atoms. The number of amidine groups is 1. The van der Waals surface area contributed by atoms with Crippen molar-refractivity contribution in [3.63, 3.8) is 0 Å². The molecular weight excluding hydrogens is 196 g/mol. The number of hydrogen-bond donors (Lipinski definition) is 0. The molecule has 0 N–H and O–H groups in total. The molecule has 0 radical (unpaired) electrons. The average molecular weight is 220 g/mol. The molecule has 2 nitrogen and oxygen atoms in total. The van der Waals surface area contributed by atoms with Crippen LogP contribution in [0.1, 0.15) is 46.0 Å². The predicted molar refractivity (Wildman–Crippen MR) is 72.4 cm³/mol. The molecule has 0 aliphatic heterocycles. The fourth-order valence-electron chi connectivity index (χ4n) is 2.38. The maximum absolute atomic E-state index is 4.54. The zero-order valence-electron chi connectivity index (χ0n) is 10.9. The van der Waals surface area contributed by atoms with Crippen LogP contribution in [0.2, 0.25) is 0 Å². The summed E-state index contributed by atoms with van der Waals surface area (Å²) in [5.74, 6) is 2.52. The van der Waals surface area contributed by atoms with Crippen LogP contribution in [0.5, 0.6) is 0 Å². The van der Waals surface area contributed by atoms with Gasteiger partial charge in [0.05, 0.1) is 0 Å². The molecule has 0 atom stereocenters. The molecule has 1 rings (SSSR count). The van der Waals surface area contributed by atoms with Crippen molar-refractivity contribution < 1.29 is 0 Å².